The molecule has 1 aliphatic carbocycles. The van der Waals surface area contributed by atoms with E-state index in [4.69, 9.17) is 0 Å². The second kappa shape index (κ2) is 12.8. The Labute approximate surface area is 103 Å². The molecule has 0 aromatic heterocycles. The van der Waals surface area contributed by atoms with E-state index in [9.17, 15) is 5.11 Å². The minimum absolute atomic E-state index is 0.0219. The highest BCUT2D eigenvalue weighted by Gasteiger charge is 2.21. The molecular weight excluding hydrogens is 196 g/mol. The van der Waals surface area contributed by atoms with Gasteiger partial charge in [-0.25, -0.2) is 0 Å². The van der Waals surface area contributed by atoms with Gasteiger partial charge in [0.2, 0.25) is 0 Å². The lowest BCUT2D eigenvalue weighted by Crippen LogP contribution is -2.23. The maximum atomic E-state index is 9.50. The molecule has 0 aliphatic heterocycles. The Bertz CT molecular complexity index is 146. The summed E-state index contributed by atoms with van der Waals surface area (Å²) in [6.45, 7) is 13.7. The van der Waals surface area contributed by atoms with Crippen LogP contribution in [-0.2, 0) is 0 Å². The summed E-state index contributed by atoms with van der Waals surface area (Å²) in [5.41, 5.74) is 1.17. The Kier molecular flexibility index (Phi) is 14.4. The average molecular weight is 228 g/mol. The van der Waals surface area contributed by atoms with Crippen LogP contribution in [0.2, 0.25) is 0 Å². The monoisotopic (exact) mass is 228 g/mol. The van der Waals surface area contributed by atoms with Gasteiger partial charge in [-0.05, 0) is 39.0 Å². The third kappa shape index (κ3) is 11.8. The number of hydrogen-bond acceptors (Lipinski definition) is 1. The lowest BCUT2D eigenvalue weighted by molar-refractivity contribution is 0.0650. The van der Waals surface area contributed by atoms with Crippen LogP contribution < -0.4 is 0 Å². The summed E-state index contributed by atoms with van der Waals surface area (Å²) in [6.07, 6.45) is 7.35. The zero-order chi connectivity index (χ0) is 13.0. The first-order valence-electron chi connectivity index (χ1n) is 6.88. The van der Waals surface area contributed by atoms with Gasteiger partial charge in [0.05, 0.1) is 6.10 Å². The first kappa shape index (κ1) is 18.1. The zero-order valence-electron chi connectivity index (χ0n) is 12.1. The third-order valence-corrected chi connectivity index (χ3v) is 2.53. The van der Waals surface area contributed by atoms with E-state index in [0.29, 0.717) is 5.92 Å². The minimum atomic E-state index is 0.0219. The van der Waals surface area contributed by atoms with Gasteiger partial charge in [0, 0.05) is 0 Å². The molecule has 1 nitrogen and oxygen atoms in total. The molecule has 0 aromatic carbocycles. The largest absolute Gasteiger partial charge is 0.393 e. The Morgan fingerprint density at radius 1 is 1.19 bits per heavy atom. The fraction of sp³-hybridized carbons (Fsp3) is 0.867. The van der Waals surface area contributed by atoms with E-state index in [1.807, 2.05) is 27.7 Å². The second-order valence-corrected chi connectivity index (χ2v) is 4.61. The number of rotatable bonds is 2. The highest BCUT2D eigenvalue weighted by Crippen LogP contribution is 2.27. The summed E-state index contributed by atoms with van der Waals surface area (Å²) >= 11 is 0. The van der Waals surface area contributed by atoms with E-state index < -0.39 is 0 Å². The van der Waals surface area contributed by atoms with Gasteiger partial charge in [-0.1, -0.05) is 45.6 Å². The predicted octanol–water partition coefficient (Wildman–Crippen LogP) is 4.95. The van der Waals surface area contributed by atoms with Gasteiger partial charge in [-0.2, -0.15) is 0 Å². The second-order valence-electron chi connectivity index (χ2n) is 4.61. The Morgan fingerprint density at radius 3 is 2.00 bits per heavy atom. The van der Waals surface area contributed by atoms with E-state index in [1.165, 1.54) is 37.7 Å². The SMILES string of the molecule is C=C(C)C.CC.CCCC1CCCCC1O. The van der Waals surface area contributed by atoms with Crippen molar-refractivity contribution in [3.8, 4) is 0 Å². The Hall–Kier alpha value is -0.300. The molecule has 0 amide bonds. The molecule has 1 saturated carbocycles. The van der Waals surface area contributed by atoms with E-state index in [0.717, 1.165) is 6.42 Å². The van der Waals surface area contributed by atoms with Gasteiger partial charge >= 0.3 is 0 Å². The van der Waals surface area contributed by atoms with Gasteiger partial charge in [-0.3, -0.25) is 0 Å². The normalized spacial score (nSPS) is 23.4. The van der Waals surface area contributed by atoms with E-state index in [2.05, 4.69) is 13.5 Å². The molecule has 1 fully saturated rings. The molecule has 2 atom stereocenters. The Morgan fingerprint density at radius 2 is 1.62 bits per heavy atom. The summed E-state index contributed by atoms with van der Waals surface area (Å²) < 4.78 is 0. The molecule has 0 aromatic rings. The number of hydrogen-bond donors (Lipinski definition) is 1. The first-order valence-corrected chi connectivity index (χ1v) is 6.88. The maximum Gasteiger partial charge on any atom is 0.0568 e. The predicted molar refractivity (Wildman–Crippen MR) is 74.7 cm³/mol. The quantitative estimate of drug-likeness (QED) is 0.663. The number of aliphatic hydroxyl groups excluding tert-OH is 1. The number of allylic oxidation sites excluding steroid dienone is 1. The summed E-state index contributed by atoms with van der Waals surface area (Å²) in [7, 11) is 0. The van der Waals surface area contributed by atoms with Crippen molar-refractivity contribution in [2.75, 3.05) is 0 Å². The fourth-order valence-corrected chi connectivity index (χ4v) is 1.90. The molecule has 0 radical (unpaired) electrons. The summed E-state index contributed by atoms with van der Waals surface area (Å²) in [5.74, 6) is 0.624. The standard InChI is InChI=1S/C9H18O.C4H8.C2H6/c1-2-5-8-6-3-4-7-9(8)10;1-4(2)3;1-2/h8-10H,2-7H2,1H3;1H2,2-3H3;1-2H3. The average Bonchev–Trinajstić information content (AvgIpc) is 2.24. The van der Waals surface area contributed by atoms with Crippen LogP contribution in [0.3, 0.4) is 0 Å². The molecule has 0 spiro atoms. The summed E-state index contributed by atoms with van der Waals surface area (Å²) in [5, 5.41) is 9.50. The molecule has 0 bridgehead atoms. The molecule has 1 N–H and O–H groups in total. The molecule has 1 heteroatoms. The van der Waals surface area contributed by atoms with Crippen LogP contribution >= 0.6 is 0 Å². The van der Waals surface area contributed by atoms with Crippen LogP contribution in [0.25, 0.3) is 0 Å². The highest BCUT2D eigenvalue weighted by atomic mass is 16.3. The molecule has 2 unspecified atom stereocenters. The molecular formula is C15H32O. The van der Waals surface area contributed by atoms with Gasteiger partial charge in [0.15, 0.2) is 0 Å². The van der Waals surface area contributed by atoms with Crippen LogP contribution in [0.1, 0.15) is 73.1 Å². The molecule has 1 rings (SSSR count). The maximum absolute atomic E-state index is 9.50. The topological polar surface area (TPSA) is 20.2 Å². The van der Waals surface area contributed by atoms with Crippen molar-refractivity contribution in [3.63, 3.8) is 0 Å². The van der Waals surface area contributed by atoms with Crippen molar-refractivity contribution in [1.82, 2.24) is 0 Å². The third-order valence-electron chi connectivity index (χ3n) is 2.53. The van der Waals surface area contributed by atoms with Crippen molar-refractivity contribution in [3.05, 3.63) is 12.2 Å². The van der Waals surface area contributed by atoms with Crippen molar-refractivity contribution in [1.29, 1.82) is 0 Å². The van der Waals surface area contributed by atoms with Gasteiger partial charge in [0.25, 0.3) is 0 Å². The zero-order valence-corrected chi connectivity index (χ0v) is 12.1. The molecule has 0 saturated heterocycles. The molecule has 1 aliphatic rings. The summed E-state index contributed by atoms with van der Waals surface area (Å²) in [4.78, 5) is 0. The molecule has 16 heavy (non-hydrogen) atoms. The van der Waals surface area contributed by atoms with Crippen molar-refractivity contribution in [2.24, 2.45) is 5.92 Å². The number of aliphatic hydroxyl groups is 1. The molecule has 0 heterocycles. The minimum Gasteiger partial charge on any atom is -0.393 e. The lowest BCUT2D eigenvalue weighted by atomic mass is 9.84. The van der Waals surface area contributed by atoms with Gasteiger partial charge in [0.1, 0.15) is 0 Å². The first-order chi connectivity index (χ1) is 7.57. The summed E-state index contributed by atoms with van der Waals surface area (Å²) in [6, 6.07) is 0. The van der Waals surface area contributed by atoms with Crippen molar-refractivity contribution in [2.45, 2.75) is 79.2 Å². The Balaban J connectivity index is 0. The van der Waals surface area contributed by atoms with Crippen LogP contribution in [-0.4, -0.2) is 11.2 Å². The smallest absolute Gasteiger partial charge is 0.0568 e. The highest BCUT2D eigenvalue weighted by molar-refractivity contribution is 4.78. The van der Waals surface area contributed by atoms with E-state index in [1.54, 1.807) is 0 Å². The van der Waals surface area contributed by atoms with E-state index in [-0.39, 0.29) is 6.10 Å². The van der Waals surface area contributed by atoms with Crippen molar-refractivity contribution >= 4 is 0 Å². The lowest BCUT2D eigenvalue weighted by Gasteiger charge is -2.26. The fourth-order valence-electron chi connectivity index (χ4n) is 1.90. The van der Waals surface area contributed by atoms with E-state index >= 15 is 0 Å². The van der Waals surface area contributed by atoms with Crippen LogP contribution in [0.4, 0.5) is 0 Å². The van der Waals surface area contributed by atoms with Crippen LogP contribution in [0.15, 0.2) is 12.2 Å². The molecule has 98 valence electrons. The van der Waals surface area contributed by atoms with Crippen molar-refractivity contribution < 1.29 is 5.11 Å². The van der Waals surface area contributed by atoms with Gasteiger partial charge < -0.3 is 5.11 Å². The van der Waals surface area contributed by atoms with Crippen LogP contribution in [0, 0.1) is 5.92 Å². The van der Waals surface area contributed by atoms with Crippen LogP contribution in [0.5, 0.6) is 0 Å². The van der Waals surface area contributed by atoms with Gasteiger partial charge in [-0.15, -0.1) is 6.58 Å².